The van der Waals surface area contributed by atoms with Gasteiger partial charge >= 0.3 is 0 Å². The van der Waals surface area contributed by atoms with Crippen LogP contribution in [0.1, 0.15) is 30.9 Å². The van der Waals surface area contributed by atoms with Crippen molar-refractivity contribution < 1.29 is 4.92 Å². The van der Waals surface area contributed by atoms with Crippen molar-refractivity contribution in [2.24, 2.45) is 0 Å². The Bertz CT molecular complexity index is 607. The van der Waals surface area contributed by atoms with E-state index in [1.165, 1.54) is 0 Å². The molecule has 0 spiro atoms. The van der Waals surface area contributed by atoms with Crippen LogP contribution in [0.5, 0.6) is 0 Å². The largest absolute Gasteiger partial charge is 0.273 e. The van der Waals surface area contributed by atoms with Crippen LogP contribution in [0.15, 0.2) is 36.7 Å². The van der Waals surface area contributed by atoms with Crippen molar-refractivity contribution in [2.75, 3.05) is 0 Å². The molecular formula is C15H16N2O2. The molecule has 0 saturated carbocycles. The SMILES string of the molecule is Cc1cc([N+](=O)[O-])c(C(C)C)cc1-c1ccncc1. The molecule has 98 valence electrons. The normalized spacial score (nSPS) is 10.7. The lowest BCUT2D eigenvalue weighted by Crippen LogP contribution is -1.99. The molecule has 1 heterocycles. The molecule has 1 aromatic carbocycles. The minimum Gasteiger partial charge on any atom is -0.265 e. The lowest BCUT2D eigenvalue weighted by Gasteiger charge is -2.12. The van der Waals surface area contributed by atoms with Crippen LogP contribution in [0.3, 0.4) is 0 Å². The first kappa shape index (κ1) is 13.2. The van der Waals surface area contributed by atoms with Crippen LogP contribution in [-0.4, -0.2) is 9.91 Å². The molecule has 2 aromatic rings. The number of hydrogen-bond donors (Lipinski definition) is 0. The highest BCUT2D eigenvalue weighted by Gasteiger charge is 2.19. The van der Waals surface area contributed by atoms with E-state index >= 15 is 0 Å². The van der Waals surface area contributed by atoms with Gasteiger partial charge in [-0.15, -0.1) is 0 Å². The van der Waals surface area contributed by atoms with Crippen molar-refractivity contribution >= 4 is 5.69 Å². The second-order valence-electron chi connectivity index (χ2n) is 4.87. The summed E-state index contributed by atoms with van der Waals surface area (Å²) < 4.78 is 0. The van der Waals surface area contributed by atoms with Crippen molar-refractivity contribution in [2.45, 2.75) is 26.7 Å². The van der Waals surface area contributed by atoms with E-state index in [1.807, 2.05) is 39.0 Å². The Hall–Kier alpha value is -2.23. The molecule has 4 heteroatoms. The molecule has 0 N–H and O–H groups in total. The average Bonchev–Trinajstić information content (AvgIpc) is 2.39. The number of benzene rings is 1. The van der Waals surface area contributed by atoms with Gasteiger partial charge in [0, 0.05) is 24.0 Å². The van der Waals surface area contributed by atoms with E-state index in [1.54, 1.807) is 18.5 Å². The van der Waals surface area contributed by atoms with Gasteiger partial charge in [-0.3, -0.25) is 15.1 Å². The zero-order chi connectivity index (χ0) is 14.0. The fourth-order valence-electron chi connectivity index (χ4n) is 2.17. The number of rotatable bonds is 3. The van der Waals surface area contributed by atoms with Crippen LogP contribution in [0.4, 0.5) is 5.69 Å². The van der Waals surface area contributed by atoms with Gasteiger partial charge in [0.2, 0.25) is 0 Å². The molecule has 19 heavy (non-hydrogen) atoms. The highest BCUT2D eigenvalue weighted by molar-refractivity contribution is 5.70. The monoisotopic (exact) mass is 256 g/mol. The predicted molar refractivity (Wildman–Crippen MR) is 75.2 cm³/mol. The van der Waals surface area contributed by atoms with Crippen LogP contribution in [0.2, 0.25) is 0 Å². The Balaban J connectivity index is 2.65. The third-order valence-corrected chi connectivity index (χ3v) is 3.18. The quantitative estimate of drug-likeness (QED) is 0.614. The van der Waals surface area contributed by atoms with Crippen LogP contribution in [-0.2, 0) is 0 Å². The van der Waals surface area contributed by atoms with E-state index in [4.69, 9.17) is 0 Å². The molecule has 2 rings (SSSR count). The molecule has 0 amide bonds. The fourth-order valence-corrected chi connectivity index (χ4v) is 2.17. The first-order valence-electron chi connectivity index (χ1n) is 6.20. The summed E-state index contributed by atoms with van der Waals surface area (Å²) in [4.78, 5) is 14.8. The van der Waals surface area contributed by atoms with Crippen molar-refractivity contribution in [3.63, 3.8) is 0 Å². The Kier molecular flexibility index (Phi) is 3.60. The average molecular weight is 256 g/mol. The van der Waals surface area contributed by atoms with Gasteiger partial charge in [0.1, 0.15) is 0 Å². The fraction of sp³-hybridized carbons (Fsp3) is 0.267. The Labute approximate surface area is 112 Å². The van der Waals surface area contributed by atoms with Gasteiger partial charge in [0.15, 0.2) is 0 Å². The lowest BCUT2D eigenvalue weighted by molar-refractivity contribution is -0.385. The van der Waals surface area contributed by atoms with Gasteiger partial charge in [-0.2, -0.15) is 0 Å². The summed E-state index contributed by atoms with van der Waals surface area (Å²) in [6.07, 6.45) is 3.45. The molecule has 0 fully saturated rings. The van der Waals surface area contributed by atoms with Gasteiger partial charge in [-0.25, -0.2) is 0 Å². The number of nitro groups is 1. The zero-order valence-electron chi connectivity index (χ0n) is 11.3. The molecule has 0 unspecified atom stereocenters. The minimum atomic E-state index is -0.307. The van der Waals surface area contributed by atoms with Crippen LogP contribution in [0.25, 0.3) is 11.1 Å². The molecule has 0 saturated heterocycles. The minimum absolute atomic E-state index is 0.113. The van der Waals surface area contributed by atoms with Crippen molar-refractivity contribution in [1.29, 1.82) is 0 Å². The third kappa shape index (κ3) is 2.62. The smallest absolute Gasteiger partial charge is 0.265 e. The Morgan fingerprint density at radius 2 is 1.84 bits per heavy atom. The van der Waals surface area contributed by atoms with Gasteiger partial charge in [-0.05, 0) is 47.7 Å². The summed E-state index contributed by atoms with van der Waals surface area (Å²) in [6.45, 7) is 5.83. The third-order valence-electron chi connectivity index (χ3n) is 3.18. The second kappa shape index (κ2) is 5.18. The Morgan fingerprint density at radius 3 is 2.37 bits per heavy atom. The summed E-state index contributed by atoms with van der Waals surface area (Å²) in [5.41, 5.74) is 3.93. The van der Waals surface area contributed by atoms with Crippen LogP contribution < -0.4 is 0 Å². The topological polar surface area (TPSA) is 56.0 Å². The molecule has 0 aliphatic heterocycles. The van der Waals surface area contributed by atoms with E-state index in [9.17, 15) is 10.1 Å². The standard InChI is InChI=1S/C15H16N2O2/c1-10(2)13-9-14(12-4-6-16-7-5-12)11(3)8-15(13)17(18)19/h4-10H,1-3H3. The lowest BCUT2D eigenvalue weighted by atomic mass is 9.93. The number of nitrogens with zero attached hydrogens (tertiary/aromatic N) is 2. The van der Waals surface area contributed by atoms with E-state index in [0.29, 0.717) is 0 Å². The highest BCUT2D eigenvalue weighted by atomic mass is 16.6. The second-order valence-corrected chi connectivity index (χ2v) is 4.87. The van der Waals surface area contributed by atoms with Crippen molar-refractivity contribution in [3.05, 3.63) is 57.9 Å². The zero-order valence-corrected chi connectivity index (χ0v) is 11.3. The molecule has 0 aliphatic carbocycles. The number of nitro benzene ring substituents is 1. The maximum absolute atomic E-state index is 11.1. The predicted octanol–water partition coefficient (Wildman–Crippen LogP) is 4.09. The molecule has 0 atom stereocenters. The number of hydrogen-bond acceptors (Lipinski definition) is 3. The maximum atomic E-state index is 11.1. The van der Waals surface area contributed by atoms with E-state index in [2.05, 4.69) is 4.98 Å². The van der Waals surface area contributed by atoms with Crippen molar-refractivity contribution in [3.8, 4) is 11.1 Å². The van der Waals surface area contributed by atoms with Gasteiger partial charge in [0.25, 0.3) is 5.69 Å². The number of aromatic nitrogens is 1. The number of aryl methyl sites for hydroxylation is 1. The molecule has 1 aromatic heterocycles. The van der Waals surface area contributed by atoms with Gasteiger partial charge < -0.3 is 0 Å². The van der Waals surface area contributed by atoms with Gasteiger partial charge in [0.05, 0.1) is 4.92 Å². The van der Waals surface area contributed by atoms with E-state index in [0.717, 1.165) is 22.3 Å². The van der Waals surface area contributed by atoms with E-state index in [-0.39, 0.29) is 16.5 Å². The summed E-state index contributed by atoms with van der Waals surface area (Å²) in [6, 6.07) is 7.41. The highest BCUT2D eigenvalue weighted by Crippen LogP contribution is 2.33. The number of pyridine rings is 1. The van der Waals surface area contributed by atoms with Crippen molar-refractivity contribution in [1.82, 2.24) is 4.98 Å². The first-order valence-corrected chi connectivity index (χ1v) is 6.20. The van der Waals surface area contributed by atoms with Gasteiger partial charge in [-0.1, -0.05) is 13.8 Å². The molecular weight excluding hydrogens is 240 g/mol. The molecule has 4 nitrogen and oxygen atoms in total. The van der Waals surface area contributed by atoms with E-state index < -0.39 is 0 Å². The van der Waals surface area contributed by atoms with Crippen LogP contribution in [0, 0.1) is 17.0 Å². The first-order chi connectivity index (χ1) is 9.00. The summed E-state index contributed by atoms with van der Waals surface area (Å²) in [5, 5.41) is 11.1. The molecule has 0 radical (unpaired) electrons. The van der Waals surface area contributed by atoms with Crippen LogP contribution >= 0.6 is 0 Å². The molecule has 0 bridgehead atoms. The summed E-state index contributed by atoms with van der Waals surface area (Å²) in [7, 11) is 0. The summed E-state index contributed by atoms with van der Waals surface area (Å²) in [5.74, 6) is 0.113. The Morgan fingerprint density at radius 1 is 1.21 bits per heavy atom. The molecule has 0 aliphatic rings. The maximum Gasteiger partial charge on any atom is 0.273 e. The summed E-state index contributed by atoms with van der Waals surface area (Å²) >= 11 is 0.